The Hall–Kier alpha value is 0. The molecule has 0 N–H and O–H groups in total. The Balaban J connectivity index is 2.22. The molecule has 0 nitrogen and oxygen atoms in total. The van der Waals surface area contributed by atoms with Gasteiger partial charge in [0, 0.05) is 0 Å². The van der Waals surface area contributed by atoms with Crippen LogP contribution in [0, 0.1) is 17.3 Å². The van der Waals surface area contributed by atoms with E-state index in [2.05, 4.69) is 13.8 Å². The van der Waals surface area contributed by atoms with E-state index in [1.54, 1.807) is 0 Å². The van der Waals surface area contributed by atoms with E-state index in [1.165, 1.54) is 25.7 Å². The summed E-state index contributed by atoms with van der Waals surface area (Å²) >= 11 is 0. The molecule has 0 aliphatic heterocycles. The van der Waals surface area contributed by atoms with E-state index in [4.69, 9.17) is 0 Å². The van der Waals surface area contributed by atoms with Crippen LogP contribution in [0.3, 0.4) is 0 Å². The second kappa shape index (κ2) is 1.53. The summed E-state index contributed by atoms with van der Waals surface area (Å²) in [5.41, 5.74) is 0.769. The van der Waals surface area contributed by atoms with Gasteiger partial charge in [0.05, 0.1) is 0 Å². The van der Waals surface area contributed by atoms with Gasteiger partial charge in [-0.25, -0.2) is 0 Å². The van der Waals surface area contributed by atoms with E-state index >= 15 is 0 Å². The molecule has 2 aliphatic carbocycles. The maximum Gasteiger partial charge on any atom is -0.0297 e. The van der Waals surface area contributed by atoms with Crippen LogP contribution in [0.5, 0.6) is 0 Å². The maximum atomic E-state index is 2.48. The fraction of sp³-hybridized carbons (Fsp3) is 1.00. The van der Waals surface area contributed by atoms with Crippen LogP contribution < -0.4 is 0 Å². The van der Waals surface area contributed by atoms with Crippen LogP contribution in [0.15, 0.2) is 0 Å². The van der Waals surface area contributed by atoms with E-state index in [1.807, 2.05) is 0 Å². The van der Waals surface area contributed by atoms with E-state index in [9.17, 15) is 0 Å². The van der Waals surface area contributed by atoms with Crippen molar-refractivity contribution in [3.8, 4) is 0 Å². The Bertz CT molecular complexity index is 128. The monoisotopic (exact) mass is 124 g/mol. The van der Waals surface area contributed by atoms with Gasteiger partial charge in [0.25, 0.3) is 0 Å². The van der Waals surface area contributed by atoms with Crippen molar-refractivity contribution in [2.75, 3.05) is 0 Å². The average Bonchev–Trinajstić information content (AvgIpc) is 2.22. The molecule has 0 aromatic heterocycles. The van der Waals surface area contributed by atoms with Gasteiger partial charge in [0.15, 0.2) is 0 Å². The molecule has 2 aliphatic rings. The zero-order chi connectivity index (χ0) is 6.48. The van der Waals surface area contributed by atoms with Gasteiger partial charge in [-0.05, 0) is 42.9 Å². The third-order valence-electron chi connectivity index (χ3n) is 3.76. The summed E-state index contributed by atoms with van der Waals surface area (Å²) in [5, 5.41) is 0. The van der Waals surface area contributed by atoms with Crippen LogP contribution in [-0.4, -0.2) is 0 Å². The van der Waals surface area contributed by atoms with E-state index < -0.39 is 0 Å². The fourth-order valence-electron chi connectivity index (χ4n) is 2.83. The lowest BCUT2D eigenvalue weighted by Gasteiger charge is -2.27. The topological polar surface area (TPSA) is 0 Å². The molecule has 52 valence electrons. The van der Waals surface area contributed by atoms with Crippen LogP contribution in [0.25, 0.3) is 0 Å². The molecule has 0 aromatic carbocycles. The fourth-order valence-corrected chi connectivity index (χ4v) is 2.83. The maximum absolute atomic E-state index is 2.48. The van der Waals surface area contributed by atoms with Gasteiger partial charge in [-0.3, -0.25) is 0 Å². The first-order valence-corrected chi connectivity index (χ1v) is 4.21. The molecule has 0 heteroatoms. The zero-order valence-corrected chi connectivity index (χ0v) is 6.48. The van der Waals surface area contributed by atoms with Gasteiger partial charge in [-0.2, -0.15) is 0 Å². The van der Waals surface area contributed by atoms with Gasteiger partial charge in [0.2, 0.25) is 0 Å². The Morgan fingerprint density at radius 3 is 2.44 bits per heavy atom. The van der Waals surface area contributed by atoms with E-state index in [0.29, 0.717) is 0 Å². The minimum atomic E-state index is 0.769. The molecule has 3 atom stereocenters. The Kier molecular flexibility index (Phi) is 0.980. The molecule has 0 heterocycles. The molecule has 2 rings (SSSR count). The molecule has 0 aromatic rings. The number of rotatable bonds is 0. The van der Waals surface area contributed by atoms with Crippen molar-refractivity contribution in [3.05, 3.63) is 0 Å². The minimum Gasteiger partial charge on any atom is -0.0620 e. The largest absolute Gasteiger partial charge is 0.0620 e. The molecule has 0 amide bonds. The molecule has 0 saturated heterocycles. The SMILES string of the molecule is C[C@@H]1C[C@H]2CC[C@]1(C)C2. The van der Waals surface area contributed by atoms with Crippen LogP contribution in [-0.2, 0) is 0 Å². The number of hydrogen-bond acceptors (Lipinski definition) is 0. The lowest BCUT2D eigenvalue weighted by molar-refractivity contribution is 0.229. The summed E-state index contributed by atoms with van der Waals surface area (Å²) in [6, 6.07) is 0. The Morgan fingerprint density at radius 2 is 2.22 bits per heavy atom. The number of fused-ring (bicyclic) bond motifs is 2. The summed E-state index contributed by atoms with van der Waals surface area (Å²) in [7, 11) is 0. The first kappa shape index (κ1) is 5.76. The lowest BCUT2D eigenvalue weighted by Crippen LogP contribution is -2.18. The molecular formula is C9H16. The normalized spacial score (nSPS) is 56.7. The molecule has 2 fully saturated rings. The van der Waals surface area contributed by atoms with Crippen molar-refractivity contribution in [2.45, 2.75) is 39.5 Å². The predicted octanol–water partition coefficient (Wildman–Crippen LogP) is 2.83. The van der Waals surface area contributed by atoms with Crippen LogP contribution in [0.1, 0.15) is 39.5 Å². The minimum absolute atomic E-state index is 0.769. The van der Waals surface area contributed by atoms with Gasteiger partial charge >= 0.3 is 0 Å². The summed E-state index contributed by atoms with van der Waals surface area (Å²) < 4.78 is 0. The third-order valence-corrected chi connectivity index (χ3v) is 3.76. The van der Waals surface area contributed by atoms with Crippen LogP contribution in [0.2, 0.25) is 0 Å². The molecule has 9 heavy (non-hydrogen) atoms. The first-order valence-electron chi connectivity index (χ1n) is 4.21. The molecule has 2 saturated carbocycles. The molecule has 0 spiro atoms. The van der Waals surface area contributed by atoms with Crippen molar-refractivity contribution in [2.24, 2.45) is 17.3 Å². The first-order chi connectivity index (χ1) is 4.21. The van der Waals surface area contributed by atoms with Gasteiger partial charge in [0.1, 0.15) is 0 Å². The lowest BCUT2D eigenvalue weighted by atomic mass is 9.78. The highest BCUT2D eigenvalue weighted by molar-refractivity contribution is 4.96. The van der Waals surface area contributed by atoms with Crippen molar-refractivity contribution in [1.82, 2.24) is 0 Å². The van der Waals surface area contributed by atoms with E-state index in [0.717, 1.165) is 17.3 Å². The van der Waals surface area contributed by atoms with Crippen molar-refractivity contribution >= 4 is 0 Å². The van der Waals surface area contributed by atoms with Gasteiger partial charge in [-0.1, -0.05) is 13.8 Å². The van der Waals surface area contributed by atoms with Gasteiger partial charge < -0.3 is 0 Å². The Morgan fingerprint density at radius 1 is 1.44 bits per heavy atom. The van der Waals surface area contributed by atoms with Crippen LogP contribution in [0.4, 0.5) is 0 Å². The third kappa shape index (κ3) is 0.653. The highest BCUT2D eigenvalue weighted by Gasteiger charge is 2.46. The summed E-state index contributed by atoms with van der Waals surface area (Å²) in [5.74, 6) is 2.14. The predicted molar refractivity (Wildman–Crippen MR) is 39.2 cm³/mol. The average molecular weight is 124 g/mol. The highest BCUT2D eigenvalue weighted by atomic mass is 14.5. The van der Waals surface area contributed by atoms with Crippen molar-refractivity contribution in [1.29, 1.82) is 0 Å². The second-order valence-corrected chi connectivity index (χ2v) is 4.40. The highest BCUT2D eigenvalue weighted by Crippen LogP contribution is 2.56. The smallest absolute Gasteiger partial charge is 0.0297 e. The Labute approximate surface area is 57.6 Å². The summed E-state index contributed by atoms with van der Waals surface area (Å²) in [6.07, 6.45) is 6.10. The summed E-state index contributed by atoms with van der Waals surface area (Å²) in [6.45, 7) is 4.91. The quantitative estimate of drug-likeness (QED) is 0.466. The molecule has 2 bridgehead atoms. The summed E-state index contributed by atoms with van der Waals surface area (Å²) in [4.78, 5) is 0. The second-order valence-electron chi connectivity index (χ2n) is 4.40. The zero-order valence-electron chi connectivity index (χ0n) is 6.48. The van der Waals surface area contributed by atoms with Gasteiger partial charge in [-0.15, -0.1) is 0 Å². The van der Waals surface area contributed by atoms with Crippen molar-refractivity contribution < 1.29 is 0 Å². The molecular weight excluding hydrogens is 108 g/mol. The number of hydrogen-bond donors (Lipinski definition) is 0. The van der Waals surface area contributed by atoms with Crippen molar-refractivity contribution in [3.63, 3.8) is 0 Å². The standard InChI is InChI=1S/C9H16/c1-7-5-8-3-4-9(7,2)6-8/h7-8H,3-6H2,1-2H3/t7-,8-,9-/m1/s1. The molecule has 0 radical (unpaired) electrons. The van der Waals surface area contributed by atoms with E-state index in [-0.39, 0.29) is 0 Å². The van der Waals surface area contributed by atoms with Crippen LogP contribution >= 0.6 is 0 Å². The molecule has 0 unspecified atom stereocenters.